The van der Waals surface area contributed by atoms with E-state index in [-0.39, 0.29) is 0 Å². The quantitative estimate of drug-likeness (QED) is 0.306. The second kappa shape index (κ2) is 2.70. The SMILES string of the molecule is N#[13C]C#P. The zero-order valence-corrected chi connectivity index (χ0v) is 2.79. The van der Waals surface area contributed by atoms with Crippen LogP contribution in [-0.4, -0.2) is 0 Å². The molecule has 0 atom stereocenters. The van der Waals surface area contributed by atoms with Gasteiger partial charge in [-0.2, -0.15) is 0 Å². The molecule has 0 N–H and O–H groups in total. The third kappa shape index (κ3) is 1.70. The topological polar surface area (TPSA) is 23.8 Å². The summed E-state index contributed by atoms with van der Waals surface area (Å²) in [6.07, 6.45) is 0. The van der Waals surface area contributed by atoms with Crippen molar-refractivity contribution in [3.05, 3.63) is 0 Å². The molecule has 0 aliphatic rings. The summed E-state index contributed by atoms with van der Waals surface area (Å²) in [7, 11) is 3.31. The van der Waals surface area contributed by atoms with Gasteiger partial charge in [0, 0.05) is 0 Å². The molecule has 0 unspecified atom stereocenters. The number of rotatable bonds is 0. The Labute approximate surface area is 26.7 Å². The van der Waals surface area contributed by atoms with Crippen molar-refractivity contribution in [2.75, 3.05) is 0 Å². The Morgan fingerprint density at radius 3 is 2.00 bits per heavy atom. The zero-order valence-electron chi connectivity index (χ0n) is 1.89. The molecule has 1 nitrogen and oxygen atoms in total. The Balaban J connectivity index is 3.14. The van der Waals surface area contributed by atoms with Crippen LogP contribution in [0.5, 0.6) is 0 Å². The number of hydrogen-bond acceptors (Lipinski definition) is 1. The number of hydrogen-bond donors (Lipinski definition) is 0. The first kappa shape index (κ1) is 3.70. The van der Waals surface area contributed by atoms with Gasteiger partial charge in [0.1, 0.15) is 0 Å². The standard InChI is InChI=1S/C2NP/c3-1-2-4/i1+1. The number of nitriles is 1. The molecule has 0 saturated carbocycles. The van der Waals surface area contributed by atoms with Crippen molar-refractivity contribution >= 4 is 8.70 Å². The van der Waals surface area contributed by atoms with E-state index in [2.05, 4.69) is 8.70 Å². The molecule has 0 aromatic heterocycles. The molecule has 0 radical (unpaired) electrons. The molecule has 18 valence electrons. The Bertz CT molecular complexity index is 61.0. The molecular weight excluding hydrogens is 70.0 g/mol. The van der Waals surface area contributed by atoms with Crippen LogP contribution in [0, 0.1) is 17.0 Å². The maximum atomic E-state index is 7.44. The average Bonchev–Trinajstić information content (AvgIpc) is 1.37. The molecule has 0 rings (SSSR count). The summed E-state index contributed by atoms with van der Waals surface area (Å²) in [6.45, 7) is 0. The summed E-state index contributed by atoms with van der Waals surface area (Å²) >= 11 is 0. The van der Waals surface area contributed by atoms with E-state index in [4.69, 9.17) is 5.26 Å². The molecule has 4 heavy (non-hydrogen) atoms. The third-order valence-corrected chi connectivity index (χ3v) is 0.150. The molecular formula is C2NP. The summed E-state index contributed by atoms with van der Waals surface area (Å²) in [5.74, 6) is 0. The van der Waals surface area contributed by atoms with E-state index in [9.17, 15) is 0 Å². The van der Waals surface area contributed by atoms with Crippen molar-refractivity contribution in [2.45, 2.75) is 0 Å². The van der Waals surface area contributed by atoms with Gasteiger partial charge in [0.25, 0.3) is 0 Å². The van der Waals surface area contributed by atoms with Gasteiger partial charge in [-0.05, 0) is 0 Å². The van der Waals surface area contributed by atoms with Crippen LogP contribution in [0.1, 0.15) is 0 Å². The summed E-state index contributed by atoms with van der Waals surface area (Å²) in [5.41, 5.74) is 1.93. The molecule has 0 spiro atoms. The van der Waals surface area contributed by atoms with Crippen LogP contribution in [0.4, 0.5) is 0 Å². The predicted octanol–water partition coefficient (Wildman–Crippen LogP) is 0.880. The van der Waals surface area contributed by atoms with Gasteiger partial charge in [-0.1, -0.05) is 0 Å². The van der Waals surface area contributed by atoms with E-state index < -0.39 is 0 Å². The van der Waals surface area contributed by atoms with E-state index in [1.807, 2.05) is 5.63 Å². The average molecular weight is 70.0 g/mol. The normalized spacial score (nSPS) is 2.50. The Morgan fingerprint density at radius 1 is 1.75 bits per heavy atom. The fraction of sp³-hybridized carbons (Fsp3) is 0. The molecule has 0 fully saturated rings. The zero-order chi connectivity index (χ0) is 3.41. The predicted molar refractivity (Wildman–Crippen MR) is 16.4 cm³/mol. The molecule has 0 bridgehead atoms. The fourth-order valence-electron chi connectivity index (χ4n) is 0. The summed E-state index contributed by atoms with van der Waals surface area (Å²) in [4.78, 5) is 0. The molecule has 2 heteroatoms. The molecule has 0 saturated heterocycles. The third-order valence-electron chi connectivity index (χ3n) is 0.0500. The first-order chi connectivity index (χ1) is 1.91. The van der Waals surface area contributed by atoms with E-state index in [0.29, 0.717) is 0 Å². The van der Waals surface area contributed by atoms with Gasteiger partial charge >= 0.3 is 25.7 Å². The van der Waals surface area contributed by atoms with Crippen LogP contribution < -0.4 is 0 Å². The van der Waals surface area contributed by atoms with E-state index in [1.165, 1.54) is 0 Å². The molecule has 0 aliphatic heterocycles. The van der Waals surface area contributed by atoms with Crippen molar-refractivity contribution in [2.24, 2.45) is 0 Å². The molecule has 0 amide bonds. The minimum absolute atomic E-state index is 1.54. The number of nitrogens with zero attached hydrogens (tertiary/aromatic N) is 1. The Morgan fingerprint density at radius 2 is 2.00 bits per heavy atom. The summed E-state index contributed by atoms with van der Waals surface area (Å²) < 4.78 is 0. The molecule has 0 aromatic carbocycles. The van der Waals surface area contributed by atoms with Gasteiger partial charge in [0.2, 0.25) is 0 Å². The van der Waals surface area contributed by atoms with E-state index in [1.54, 1.807) is 6.07 Å². The van der Waals surface area contributed by atoms with Gasteiger partial charge in [-0.25, -0.2) is 0 Å². The van der Waals surface area contributed by atoms with Crippen LogP contribution in [-0.2, 0) is 0 Å². The van der Waals surface area contributed by atoms with Gasteiger partial charge in [0.05, 0.1) is 0 Å². The van der Waals surface area contributed by atoms with Crippen molar-refractivity contribution in [1.82, 2.24) is 0 Å². The summed E-state index contributed by atoms with van der Waals surface area (Å²) in [6, 6.07) is 1.54. The minimum atomic E-state index is 1.54. The van der Waals surface area contributed by atoms with Crippen LogP contribution in [0.2, 0.25) is 0 Å². The van der Waals surface area contributed by atoms with E-state index >= 15 is 0 Å². The first-order valence-electron chi connectivity index (χ1n) is 0.697. The maximum absolute atomic E-state index is 7.44. The summed E-state index contributed by atoms with van der Waals surface area (Å²) in [5, 5.41) is 7.44. The molecule has 0 aromatic rings. The van der Waals surface area contributed by atoms with Crippen LogP contribution in [0.25, 0.3) is 0 Å². The molecule has 0 aliphatic carbocycles. The van der Waals surface area contributed by atoms with Crippen molar-refractivity contribution in [3.63, 3.8) is 0 Å². The molecule has 0 heterocycles. The Hall–Kier alpha value is -0.300. The van der Waals surface area contributed by atoms with Gasteiger partial charge in [0.15, 0.2) is 0 Å². The fourth-order valence-corrected chi connectivity index (χ4v) is 0. The van der Waals surface area contributed by atoms with Crippen LogP contribution >= 0.6 is 8.70 Å². The van der Waals surface area contributed by atoms with Gasteiger partial charge in [-0.15, -0.1) is 0 Å². The Kier molecular flexibility index (Phi) is 2.50. The second-order valence-corrected chi connectivity index (χ2v) is 0.447. The van der Waals surface area contributed by atoms with Crippen molar-refractivity contribution in [3.8, 4) is 11.7 Å². The van der Waals surface area contributed by atoms with Crippen molar-refractivity contribution in [1.29, 1.82) is 5.26 Å². The second-order valence-electron chi connectivity index (χ2n) is 0.224. The van der Waals surface area contributed by atoms with Crippen molar-refractivity contribution < 1.29 is 0 Å². The van der Waals surface area contributed by atoms with Gasteiger partial charge < -0.3 is 0 Å². The van der Waals surface area contributed by atoms with Crippen LogP contribution in [0.15, 0.2) is 0 Å². The van der Waals surface area contributed by atoms with E-state index in [0.717, 1.165) is 0 Å². The van der Waals surface area contributed by atoms with Gasteiger partial charge in [-0.3, -0.25) is 0 Å². The van der Waals surface area contributed by atoms with Crippen LogP contribution in [0.3, 0.4) is 0 Å². The first-order valence-corrected chi connectivity index (χ1v) is 1.14. The monoisotopic (exact) mass is 70.0 g/mol.